The lowest BCUT2D eigenvalue weighted by atomic mass is 9.98. The summed E-state index contributed by atoms with van der Waals surface area (Å²) in [6.45, 7) is 4.23. The Bertz CT molecular complexity index is 1020. The molecule has 3 aromatic carbocycles. The van der Waals surface area contributed by atoms with E-state index in [1.807, 2.05) is 42.7 Å². The number of hydrogen-bond acceptors (Lipinski definition) is 3. The van der Waals surface area contributed by atoms with Gasteiger partial charge in [0.2, 0.25) is 6.29 Å². The van der Waals surface area contributed by atoms with E-state index in [0.29, 0.717) is 5.56 Å². The molecule has 0 amide bonds. The lowest BCUT2D eigenvalue weighted by Gasteiger charge is -2.36. The Kier molecular flexibility index (Phi) is 6.09. The normalized spacial score (nSPS) is 15.1. The maximum atomic E-state index is 12.9. The van der Waals surface area contributed by atoms with Gasteiger partial charge < -0.3 is 4.90 Å². The quantitative estimate of drug-likeness (QED) is 0.567. The highest BCUT2D eigenvalue weighted by atomic mass is 19.4. The van der Waals surface area contributed by atoms with Crippen LogP contribution in [0.4, 0.5) is 18.9 Å². The van der Waals surface area contributed by atoms with E-state index in [1.54, 1.807) is 24.3 Å². The van der Waals surface area contributed by atoms with Crippen molar-refractivity contribution in [2.75, 3.05) is 31.1 Å². The Hall–Kier alpha value is -3.12. The molecule has 0 aliphatic carbocycles. The second-order valence-electron chi connectivity index (χ2n) is 7.64. The van der Waals surface area contributed by atoms with E-state index in [0.717, 1.165) is 67.2 Å². The molecule has 0 unspecified atom stereocenters. The minimum Gasteiger partial charge on any atom is -0.369 e. The molecule has 6 heteroatoms. The average Bonchev–Trinajstić information content (AvgIpc) is 2.80. The molecule has 0 saturated carbocycles. The molecule has 0 spiro atoms. The van der Waals surface area contributed by atoms with E-state index in [2.05, 4.69) is 9.80 Å². The zero-order valence-corrected chi connectivity index (χ0v) is 16.9. The van der Waals surface area contributed by atoms with Crippen LogP contribution < -0.4 is 4.90 Å². The number of halogens is 3. The minimum atomic E-state index is -4.33. The van der Waals surface area contributed by atoms with E-state index in [-0.39, 0.29) is 0 Å². The zero-order chi connectivity index (χ0) is 21.8. The number of rotatable bonds is 5. The summed E-state index contributed by atoms with van der Waals surface area (Å²) in [5, 5.41) is 0. The maximum Gasteiger partial charge on any atom is 0.416 e. The number of carbonyl (C=O) groups excluding carboxylic acids is 1. The van der Waals surface area contributed by atoms with Gasteiger partial charge >= 0.3 is 6.18 Å². The third-order valence-electron chi connectivity index (χ3n) is 5.66. The van der Waals surface area contributed by atoms with Crippen molar-refractivity contribution in [1.29, 1.82) is 0 Å². The second-order valence-corrected chi connectivity index (χ2v) is 7.64. The number of alkyl halides is 3. The highest BCUT2D eigenvalue weighted by Crippen LogP contribution is 2.32. The third kappa shape index (κ3) is 4.97. The molecule has 0 N–H and O–H groups in total. The summed E-state index contributed by atoms with van der Waals surface area (Å²) in [5.74, 6) is 0. The van der Waals surface area contributed by atoms with Crippen LogP contribution >= 0.6 is 0 Å². The zero-order valence-electron chi connectivity index (χ0n) is 16.9. The molecule has 0 aromatic heterocycles. The fourth-order valence-corrected chi connectivity index (χ4v) is 3.92. The largest absolute Gasteiger partial charge is 0.416 e. The minimum absolute atomic E-state index is 0.544. The molecule has 1 aliphatic rings. The lowest BCUT2D eigenvalue weighted by molar-refractivity contribution is -0.137. The van der Waals surface area contributed by atoms with Gasteiger partial charge in [0.1, 0.15) is 0 Å². The summed E-state index contributed by atoms with van der Waals surface area (Å²) in [6, 6.07) is 20.7. The van der Waals surface area contributed by atoms with Gasteiger partial charge in [-0.1, -0.05) is 36.4 Å². The fourth-order valence-electron chi connectivity index (χ4n) is 3.92. The van der Waals surface area contributed by atoms with Crippen molar-refractivity contribution in [3.63, 3.8) is 0 Å². The van der Waals surface area contributed by atoms with Crippen molar-refractivity contribution in [1.82, 2.24) is 4.90 Å². The van der Waals surface area contributed by atoms with Crippen LogP contribution in [0.5, 0.6) is 0 Å². The van der Waals surface area contributed by atoms with Gasteiger partial charge in [-0.3, -0.25) is 9.69 Å². The molecule has 1 aliphatic heterocycles. The van der Waals surface area contributed by atoms with Crippen LogP contribution in [0.15, 0.2) is 72.8 Å². The predicted molar refractivity (Wildman–Crippen MR) is 116 cm³/mol. The number of anilines is 1. The number of benzene rings is 3. The molecule has 1 radical (unpaired) electrons. The number of nitrogens with zero attached hydrogens (tertiary/aromatic N) is 2. The van der Waals surface area contributed by atoms with Crippen molar-refractivity contribution in [2.24, 2.45) is 0 Å². The molecule has 159 valence electrons. The van der Waals surface area contributed by atoms with Gasteiger partial charge in [0.25, 0.3) is 0 Å². The van der Waals surface area contributed by atoms with E-state index >= 15 is 0 Å². The van der Waals surface area contributed by atoms with E-state index in [9.17, 15) is 18.0 Å². The van der Waals surface area contributed by atoms with Crippen LogP contribution in [0.3, 0.4) is 0 Å². The van der Waals surface area contributed by atoms with Crippen molar-refractivity contribution < 1.29 is 18.0 Å². The van der Waals surface area contributed by atoms with Crippen LogP contribution in [-0.2, 0) is 17.5 Å². The smallest absolute Gasteiger partial charge is 0.369 e. The second kappa shape index (κ2) is 8.94. The standard InChI is InChI=1S/C25H22F3N2O/c26-25(27,28)22-9-7-20(8-10-22)24-4-2-1-3-21(24)17-29-13-15-30(16-14-29)23-11-5-19(18-31)6-12-23/h1-12H,13-17H2. The highest BCUT2D eigenvalue weighted by molar-refractivity contribution is 5.76. The van der Waals surface area contributed by atoms with Gasteiger partial charge in [-0.05, 0) is 53.1 Å². The molecule has 1 saturated heterocycles. The monoisotopic (exact) mass is 423 g/mol. The van der Waals surface area contributed by atoms with Crippen molar-refractivity contribution in [2.45, 2.75) is 12.7 Å². The number of hydrogen-bond donors (Lipinski definition) is 0. The lowest BCUT2D eigenvalue weighted by Crippen LogP contribution is -2.46. The molecule has 0 bridgehead atoms. The molecular formula is C25H22F3N2O. The van der Waals surface area contributed by atoms with Gasteiger partial charge in [0, 0.05) is 44.0 Å². The van der Waals surface area contributed by atoms with Crippen LogP contribution in [0.25, 0.3) is 11.1 Å². The molecule has 3 nitrogen and oxygen atoms in total. The van der Waals surface area contributed by atoms with Gasteiger partial charge in [0.05, 0.1) is 5.56 Å². The van der Waals surface area contributed by atoms with Crippen molar-refractivity contribution in [3.05, 3.63) is 89.5 Å². The molecule has 4 rings (SSSR count). The molecule has 31 heavy (non-hydrogen) atoms. The summed E-state index contributed by atoms with van der Waals surface area (Å²) in [5.41, 5.74) is 3.84. The number of piperazine rings is 1. The Balaban J connectivity index is 1.43. The van der Waals surface area contributed by atoms with E-state index in [4.69, 9.17) is 0 Å². The molecule has 0 atom stereocenters. The SMILES string of the molecule is O=[C]c1ccc(N2CCN(Cc3ccccc3-c3ccc(C(F)(F)F)cc3)CC2)cc1. The van der Waals surface area contributed by atoms with Crippen LogP contribution in [-0.4, -0.2) is 37.4 Å². The molecular weight excluding hydrogens is 401 g/mol. The van der Waals surface area contributed by atoms with Gasteiger partial charge in [-0.25, -0.2) is 0 Å². The summed E-state index contributed by atoms with van der Waals surface area (Å²) in [7, 11) is 0. The maximum absolute atomic E-state index is 12.9. The van der Waals surface area contributed by atoms with Crippen LogP contribution in [0.2, 0.25) is 0 Å². The van der Waals surface area contributed by atoms with Gasteiger partial charge in [-0.2, -0.15) is 13.2 Å². The fraction of sp³-hybridized carbons (Fsp3) is 0.240. The first-order valence-electron chi connectivity index (χ1n) is 10.1. The first-order chi connectivity index (χ1) is 14.9. The summed E-state index contributed by atoms with van der Waals surface area (Å²) in [4.78, 5) is 15.3. The van der Waals surface area contributed by atoms with Gasteiger partial charge in [-0.15, -0.1) is 0 Å². The molecule has 1 fully saturated rings. The van der Waals surface area contributed by atoms with Crippen LogP contribution in [0, 0.1) is 0 Å². The Labute approximate surface area is 179 Å². The molecule has 3 aromatic rings. The first-order valence-corrected chi connectivity index (χ1v) is 10.1. The molecule has 1 heterocycles. The van der Waals surface area contributed by atoms with Gasteiger partial charge in [0.15, 0.2) is 0 Å². The van der Waals surface area contributed by atoms with E-state index in [1.165, 1.54) is 0 Å². The Morgan fingerprint density at radius 1 is 0.806 bits per heavy atom. The summed E-state index contributed by atoms with van der Waals surface area (Å²) < 4.78 is 38.6. The summed E-state index contributed by atoms with van der Waals surface area (Å²) >= 11 is 0. The average molecular weight is 423 g/mol. The van der Waals surface area contributed by atoms with Crippen molar-refractivity contribution >= 4 is 12.0 Å². The highest BCUT2D eigenvalue weighted by Gasteiger charge is 2.30. The van der Waals surface area contributed by atoms with Crippen LogP contribution in [0.1, 0.15) is 16.7 Å². The topological polar surface area (TPSA) is 23.6 Å². The van der Waals surface area contributed by atoms with E-state index < -0.39 is 11.7 Å². The van der Waals surface area contributed by atoms with Crippen molar-refractivity contribution in [3.8, 4) is 11.1 Å². The summed E-state index contributed by atoms with van der Waals surface area (Å²) in [6.07, 6.45) is -2.44. The predicted octanol–water partition coefficient (Wildman–Crippen LogP) is 5.15. The first kappa shape index (κ1) is 21.1. The Morgan fingerprint density at radius 2 is 1.45 bits per heavy atom. The third-order valence-corrected chi connectivity index (χ3v) is 5.66. The Morgan fingerprint density at radius 3 is 2.06 bits per heavy atom.